The van der Waals surface area contributed by atoms with E-state index in [-0.39, 0.29) is 25.4 Å². The maximum atomic E-state index is 13.0. The molecule has 1 atom stereocenters. The van der Waals surface area contributed by atoms with Crippen LogP contribution in [0.5, 0.6) is 0 Å². The van der Waals surface area contributed by atoms with Crippen molar-refractivity contribution in [1.29, 1.82) is 0 Å². The molecule has 1 aliphatic carbocycles. The van der Waals surface area contributed by atoms with E-state index in [2.05, 4.69) is 5.32 Å². The molecule has 0 saturated carbocycles. The molecule has 0 bridgehead atoms. The van der Waals surface area contributed by atoms with Gasteiger partial charge in [-0.1, -0.05) is 66.7 Å². The molecule has 0 fully saturated rings. The lowest BCUT2D eigenvalue weighted by molar-refractivity contribution is -0.144. The van der Waals surface area contributed by atoms with Gasteiger partial charge in [-0.05, 0) is 53.6 Å². The Morgan fingerprint density at radius 1 is 0.943 bits per heavy atom. The average Bonchev–Trinajstić information content (AvgIpc) is 3.15. The molecule has 0 aromatic heterocycles. The highest BCUT2D eigenvalue weighted by molar-refractivity contribution is 5.84. The van der Waals surface area contributed by atoms with Crippen LogP contribution in [0, 0.1) is 0 Å². The molecule has 0 radical (unpaired) electrons. The first-order chi connectivity index (χ1) is 16.6. The van der Waals surface area contributed by atoms with Crippen LogP contribution >= 0.6 is 0 Å². The minimum Gasteiger partial charge on any atom is -0.480 e. The Morgan fingerprint density at radius 2 is 1.54 bits per heavy atom. The number of hydrogen-bond donors (Lipinski definition) is 2. The molecule has 0 aliphatic heterocycles. The van der Waals surface area contributed by atoms with Crippen LogP contribution < -0.4 is 5.32 Å². The van der Waals surface area contributed by atoms with Crippen molar-refractivity contribution in [2.75, 3.05) is 6.61 Å². The van der Waals surface area contributed by atoms with Gasteiger partial charge in [0.1, 0.15) is 12.1 Å². The van der Waals surface area contributed by atoms with Gasteiger partial charge in [0.25, 0.3) is 0 Å². The van der Waals surface area contributed by atoms with Crippen LogP contribution in [0.1, 0.15) is 41.5 Å². The predicted molar refractivity (Wildman–Crippen MR) is 124 cm³/mol. The van der Waals surface area contributed by atoms with E-state index in [0.29, 0.717) is 5.56 Å². The summed E-state index contributed by atoms with van der Waals surface area (Å²) in [7, 11) is 0. The Kier molecular flexibility index (Phi) is 6.56. The number of halogens is 3. The number of carboxylic acids is 1. The number of benzene rings is 3. The Morgan fingerprint density at radius 3 is 2.11 bits per heavy atom. The van der Waals surface area contributed by atoms with Crippen molar-refractivity contribution < 1.29 is 32.6 Å². The molecule has 8 heteroatoms. The topological polar surface area (TPSA) is 75.6 Å². The summed E-state index contributed by atoms with van der Waals surface area (Å²) < 4.78 is 44.4. The lowest BCUT2D eigenvalue weighted by Crippen LogP contribution is -2.52. The number of nitrogens with one attached hydrogen (secondary N) is 1. The third-order valence-corrected chi connectivity index (χ3v) is 6.36. The maximum Gasteiger partial charge on any atom is 0.416 e. The molecule has 4 rings (SSSR count). The van der Waals surface area contributed by atoms with Gasteiger partial charge in [-0.15, -0.1) is 0 Å². The summed E-state index contributed by atoms with van der Waals surface area (Å²) in [6, 6.07) is 20.3. The number of carboxylic acid groups (broad SMARTS) is 1. The number of fused-ring (bicyclic) bond motifs is 3. The fraction of sp³-hybridized carbons (Fsp3) is 0.259. The van der Waals surface area contributed by atoms with Gasteiger partial charge in [-0.2, -0.15) is 13.2 Å². The summed E-state index contributed by atoms with van der Waals surface area (Å²) in [5, 5.41) is 12.1. The lowest BCUT2D eigenvalue weighted by Gasteiger charge is -2.26. The lowest BCUT2D eigenvalue weighted by atomic mass is 9.93. The Hall–Kier alpha value is -3.81. The zero-order valence-corrected chi connectivity index (χ0v) is 18.9. The summed E-state index contributed by atoms with van der Waals surface area (Å²) >= 11 is 0. The number of aliphatic carboxylic acids is 1. The van der Waals surface area contributed by atoms with Gasteiger partial charge in [-0.25, -0.2) is 9.59 Å². The summed E-state index contributed by atoms with van der Waals surface area (Å²) in [5.41, 5.74) is 1.95. The van der Waals surface area contributed by atoms with Crippen molar-refractivity contribution in [3.8, 4) is 11.1 Å². The van der Waals surface area contributed by atoms with E-state index in [1.54, 1.807) is 0 Å². The summed E-state index contributed by atoms with van der Waals surface area (Å²) in [5.74, 6) is -1.49. The zero-order valence-electron chi connectivity index (χ0n) is 18.9. The predicted octanol–water partition coefficient (Wildman–Crippen LogP) is 6.02. The molecular formula is C27H24F3NO4. The molecule has 1 aliphatic rings. The van der Waals surface area contributed by atoms with Gasteiger partial charge in [-0.3, -0.25) is 0 Å². The molecule has 3 aromatic rings. The van der Waals surface area contributed by atoms with Crippen molar-refractivity contribution in [1.82, 2.24) is 5.32 Å². The SMILES string of the molecule is C[C@@](CCc1cccc(C(F)(F)F)c1)(NC(=O)OCC1c2ccccc2-c2ccccc21)C(=O)O. The normalized spacial score (nSPS) is 14.5. The van der Waals surface area contributed by atoms with Crippen molar-refractivity contribution in [2.45, 2.75) is 37.4 Å². The minimum atomic E-state index is -4.49. The van der Waals surface area contributed by atoms with Gasteiger partial charge in [0.15, 0.2) is 0 Å². The molecule has 1 amide bonds. The highest BCUT2D eigenvalue weighted by Gasteiger charge is 2.36. The number of carbonyl (C=O) groups excluding carboxylic acids is 1. The van der Waals surface area contributed by atoms with Crippen molar-refractivity contribution in [2.24, 2.45) is 0 Å². The van der Waals surface area contributed by atoms with Crippen LogP contribution in [0.2, 0.25) is 0 Å². The summed E-state index contributed by atoms with van der Waals surface area (Å²) in [6.07, 6.45) is -5.49. The number of alkyl carbamates (subject to hydrolysis) is 1. The van der Waals surface area contributed by atoms with Crippen LogP contribution in [0.4, 0.5) is 18.0 Å². The second-order valence-electron chi connectivity index (χ2n) is 8.79. The summed E-state index contributed by atoms with van der Waals surface area (Å²) in [4.78, 5) is 24.5. The number of hydrogen-bond acceptors (Lipinski definition) is 3. The number of aryl methyl sites for hydroxylation is 1. The molecule has 5 nitrogen and oxygen atoms in total. The Bertz CT molecular complexity index is 1210. The van der Waals surface area contributed by atoms with Crippen LogP contribution in [0.3, 0.4) is 0 Å². The molecule has 0 unspecified atom stereocenters. The third-order valence-electron chi connectivity index (χ3n) is 6.36. The van der Waals surface area contributed by atoms with E-state index in [0.717, 1.165) is 34.4 Å². The van der Waals surface area contributed by atoms with E-state index in [4.69, 9.17) is 4.74 Å². The van der Waals surface area contributed by atoms with Gasteiger partial charge in [0, 0.05) is 5.92 Å². The quantitative estimate of drug-likeness (QED) is 0.431. The van der Waals surface area contributed by atoms with Gasteiger partial charge >= 0.3 is 18.2 Å². The van der Waals surface area contributed by atoms with Gasteiger partial charge in [0.05, 0.1) is 5.56 Å². The van der Waals surface area contributed by atoms with Gasteiger partial charge in [0.2, 0.25) is 0 Å². The van der Waals surface area contributed by atoms with E-state index >= 15 is 0 Å². The number of amides is 1. The molecule has 35 heavy (non-hydrogen) atoms. The number of rotatable bonds is 7. The monoisotopic (exact) mass is 483 g/mol. The number of carbonyl (C=O) groups is 2. The van der Waals surface area contributed by atoms with E-state index in [1.807, 2.05) is 48.5 Å². The second kappa shape index (κ2) is 9.44. The van der Waals surface area contributed by atoms with Crippen LogP contribution in [-0.2, 0) is 22.1 Å². The minimum absolute atomic E-state index is 0.0171. The number of ether oxygens (including phenoxy) is 1. The van der Waals surface area contributed by atoms with Crippen LogP contribution in [-0.4, -0.2) is 29.3 Å². The Labute approximate surface area is 200 Å². The highest BCUT2D eigenvalue weighted by Crippen LogP contribution is 2.44. The largest absolute Gasteiger partial charge is 0.480 e. The summed E-state index contributed by atoms with van der Waals surface area (Å²) in [6.45, 7) is 1.33. The Balaban J connectivity index is 1.42. The smallest absolute Gasteiger partial charge is 0.416 e. The molecule has 0 saturated heterocycles. The first kappa shape index (κ1) is 24.3. The zero-order chi connectivity index (χ0) is 25.2. The van der Waals surface area contributed by atoms with Crippen LogP contribution in [0.25, 0.3) is 11.1 Å². The molecule has 0 spiro atoms. The fourth-order valence-electron chi connectivity index (χ4n) is 4.38. The molecule has 182 valence electrons. The molecule has 0 heterocycles. The first-order valence-electron chi connectivity index (χ1n) is 11.1. The average molecular weight is 483 g/mol. The second-order valence-corrected chi connectivity index (χ2v) is 8.79. The van der Waals surface area contributed by atoms with Crippen molar-refractivity contribution in [3.63, 3.8) is 0 Å². The molecular weight excluding hydrogens is 459 g/mol. The van der Waals surface area contributed by atoms with Crippen molar-refractivity contribution >= 4 is 12.1 Å². The van der Waals surface area contributed by atoms with E-state index in [1.165, 1.54) is 19.1 Å². The van der Waals surface area contributed by atoms with Crippen LogP contribution in [0.15, 0.2) is 72.8 Å². The van der Waals surface area contributed by atoms with Gasteiger partial charge < -0.3 is 15.2 Å². The highest BCUT2D eigenvalue weighted by atomic mass is 19.4. The molecule has 2 N–H and O–H groups in total. The van der Waals surface area contributed by atoms with Crippen molar-refractivity contribution in [3.05, 3.63) is 95.1 Å². The first-order valence-corrected chi connectivity index (χ1v) is 11.1. The van der Waals surface area contributed by atoms with E-state index < -0.39 is 29.3 Å². The molecule has 3 aromatic carbocycles. The maximum absolute atomic E-state index is 13.0. The standard InChI is InChI=1S/C27H24F3NO4/c1-26(24(32)33,14-13-17-7-6-8-18(15-17)27(28,29)30)31-25(34)35-16-23-21-11-4-2-9-19(21)20-10-3-5-12-22(20)23/h2-12,15,23H,13-14,16H2,1H3,(H,31,34)(H,32,33)/t26-/m0/s1. The van der Waals surface area contributed by atoms with E-state index in [9.17, 15) is 27.9 Å². The fourth-order valence-corrected chi connectivity index (χ4v) is 4.38. The number of alkyl halides is 3. The third kappa shape index (κ3) is 5.16.